The largest absolute Gasteiger partial charge is 0.306 e. The molecule has 1 aromatic carbocycles. The Hall–Kier alpha value is -1.68. The van der Waals surface area contributed by atoms with Crippen LogP contribution >= 0.6 is 50.7 Å². The van der Waals surface area contributed by atoms with Gasteiger partial charge in [-0.25, -0.2) is 8.78 Å². The van der Waals surface area contributed by atoms with E-state index in [1.807, 2.05) is 0 Å². The molecule has 2 aromatic heterocycles. The van der Waals surface area contributed by atoms with Gasteiger partial charge in [0.2, 0.25) is 5.91 Å². The zero-order chi connectivity index (χ0) is 22.3. The minimum absolute atomic E-state index is 0.120. The highest BCUT2D eigenvalue weighted by Crippen LogP contribution is 2.45. The summed E-state index contributed by atoms with van der Waals surface area (Å²) in [7, 11) is 0. The van der Waals surface area contributed by atoms with Crippen LogP contribution in [-0.2, 0) is 17.9 Å². The number of hydrogen-bond donors (Lipinski definition) is 1. The molecule has 4 rings (SSSR count). The number of carbonyl (C=O) groups is 1. The summed E-state index contributed by atoms with van der Waals surface area (Å²) in [6, 6.07) is 5.11. The number of hydrogen-bond acceptors (Lipinski definition) is 3. The number of alkyl halides is 2. The van der Waals surface area contributed by atoms with Crippen molar-refractivity contribution in [2.24, 2.45) is 0 Å². The lowest BCUT2D eigenvalue weighted by Gasteiger charge is -2.07. The Balaban J connectivity index is 1.48. The molecule has 164 valence electrons. The van der Waals surface area contributed by atoms with Crippen LogP contribution in [0.3, 0.4) is 0 Å². The van der Waals surface area contributed by atoms with E-state index in [1.165, 1.54) is 9.36 Å². The molecule has 0 unspecified atom stereocenters. The lowest BCUT2D eigenvalue weighted by Crippen LogP contribution is -2.21. The molecule has 1 aliphatic rings. The van der Waals surface area contributed by atoms with Crippen LogP contribution in [0.15, 0.2) is 28.9 Å². The molecule has 0 spiro atoms. The minimum Gasteiger partial charge on any atom is -0.306 e. The number of nitrogens with one attached hydrogen (secondary N) is 1. The van der Waals surface area contributed by atoms with Gasteiger partial charge in [-0.2, -0.15) is 10.2 Å². The SMILES string of the molecule is O=C(Cn1nc(C(F)F)c(Br)c1C1CC1)Nc1nn(Cc2ccc(Cl)cc2Cl)cc1Cl. The number of nitrogens with zero attached hydrogens (tertiary/aromatic N) is 4. The summed E-state index contributed by atoms with van der Waals surface area (Å²) >= 11 is 21.5. The molecular weight excluding hydrogens is 539 g/mol. The van der Waals surface area contributed by atoms with Crippen LogP contribution in [0.25, 0.3) is 0 Å². The summed E-state index contributed by atoms with van der Waals surface area (Å²) in [5.74, 6) is -0.200. The number of rotatable bonds is 7. The minimum atomic E-state index is -2.74. The lowest BCUT2D eigenvalue weighted by molar-refractivity contribution is -0.117. The molecule has 0 saturated heterocycles. The van der Waals surface area contributed by atoms with Gasteiger partial charge in [0.15, 0.2) is 5.82 Å². The van der Waals surface area contributed by atoms with Crippen LogP contribution < -0.4 is 5.32 Å². The molecule has 0 aliphatic heterocycles. The van der Waals surface area contributed by atoms with Gasteiger partial charge in [-0.05, 0) is 46.5 Å². The van der Waals surface area contributed by atoms with Crippen molar-refractivity contribution in [2.75, 3.05) is 5.32 Å². The first kappa shape index (κ1) is 22.5. The third kappa shape index (κ3) is 5.05. The topological polar surface area (TPSA) is 64.7 Å². The number of carbonyl (C=O) groups excluding carboxylic acids is 1. The Morgan fingerprint density at radius 2 is 1.97 bits per heavy atom. The molecule has 1 saturated carbocycles. The molecule has 0 radical (unpaired) electrons. The summed E-state index contributed by atoms with van der Waals surface area (Å²) in [6.45, 7) is 0.0879. The highest BCUT2D eigenvalue weighted by atomic mass is 79.9. The normalized spacial score (nSPS) is 13.8. The van der Waals surface area contributed by atoms with Crippen LogP contribution in [0.2, 0.25) is 15.1 Å². The van der Waals surface area contributed by atoms with Crippen molar-refractivity contribution in [3.05, 3.63) is 60.9 Å². The number of anilines is 1. The summed E-state index contributed by atoms with van der Waals surface area (Å²) < 4.78 is 29.6. The van der Waals surface area contributed by atoms with E-state index in [2.05, 4.69) is 31.4 Å². The van der Waals surface area contributed by atoms with E-state index in [1.54, 1.807) is 24.4 Å². The maximum atomic E-state index is 13.2. The second-order valence-corrected chi connectivity index (χ2v) is 9.17. The van der Waals surface area contributed by atoms with E-state index >= 15 is 0 Å². The first-order valence-electron chi connectivity index (χ1n) is 9.24. The standard InChI is InChI=1S/C19H15BrCl3F2N5O/c20-15-16(18(24)25)27-30(17(15)9-1-2-9)8-14(31)26-19-13(23)7-29(28-19)6-10-3-4-11(21)5-12(10)22/h3-5,7,9,18H,1-2,6,8H2,(H,26,28,31). The molecule has 1 N–H and O–H groups in total. The van der Waals surface area contributed by atoms with Crippen LogP contribution in [0.4, 0.5) is 14.6 Å². The van der Waals surface area contributed by atoms with Crippen LogP contribution in [-0.4, -0.2) is 25.5 Å². The third-order valence-corrected chi connectivity index (χ3v) is 6.42. The fourth-order valence-corrected chi connectivity index (χ4v) is 4.62. The maximum absolute atomic E-state index is 13.2. The Morgan fingerprint density at radius 3 is 2.61 bits per heavy atom. The molecular formula is C19H15BrCl3F2N5O. The van der Waals surface area contributed by atoms with Gasteiger partial charge in [-0.1, -0.05) is 40.9 Å². The van der Waals surface area contributed by atoms with Crippen molar-refractivity contribution >= 4 is 62.5 Å². The number of benzene rings is 1. The quantitative estimate of drug-likeness (QED) is 0.373. The van der Waals surface area contributed by atoms with Crippen LogP contribution in [0.1, 0.15) is 42.1 Å². The van der Waals surface area contributed by atoms with E-state index in [0.29, 0.717) is 22.3 Å². The molecule has 1 fully saturated rings. The fourth-order valence-electron chi connectivity index (χ4n) is 3.17. The molecule has 2 heterocycles. The monoisotopic (exact) mass is 551 g/mol. The molecule has 3 aromatic rings. The van der Waals surface area contributed by atoms with Crippen LogP contribution in [0, 0.1) is 0 Å². The predicted octanol–water partition coefficient (Wildman–Crippen LogP) is 6.30. The molecule has 1 aliphatic carbocycles. The van der Waals surface area contributed by atoms with Crippen LogP contribution in [0.5, 0.6) is 0 Å². The van der Waals surface area contributed by atoms with Gasteiger partial charge in [0, 0.05) is 22.2 Å². The molecule has 12 heteroatoms. The van der Waals surface area contributed by atoms with Gasteiger partial charge < -0.3 is 5.32 Å². The molecule has 0 atom stereocenters. The van der Waals surface area contributed by atoms with Gasteiger partial charge in [-0.15, -0.1) is 0 Å². The first-order valence-corrected chi connectivity index (χ1v) is 11.2. The smallest absolute Gasteiger partial charge is 0.283 e. The second kappa shape index (κ2) is 9.05. The maximum Gasteiger partial charge on any atom is 0.283 e. The molecule has 31 heavy (non-hydrogen) atoms. The van der Waals surface area contributed by atoms with Gasteiger partial charge in [-0.3, -0.25) is 14.2 Å². The van der Waals surface area contributed by atoms with Crippen molar-refractivity contribution in [3.8, 4) is 0 Å². The summed E-state index contributed by atoms with van der Waals surface area (Å²) in [5, 5.41) is 12.0. The highest BCUT2D eigenvalue weighted by Gasteiger charge is 2.34. The average molecular weight is 554 g/mol. The predicted molar refractivity (Wildman–Crippen MR) is 118 cm³/mol. The number of amides is 1. The fraction of sp³-hybridized carbons (Fsp3) is 0.316. The van der Waals surface area contributed by atoms with Gasteiger partial charge in [0.05, 0.1) is 16.7 Å². The zero-order valence-corrected chi connectivity index (χ0v) is 19.6. The van der Waals surface area contributed by atoms with E-state index < -0.39 is 12.3 Å². The summed E-state index contributed by atoms with van der Waals surface area (Å²) in [5.41, 5.74) is 1.02. The molecule has 6 nitrogen and oxygen atoms in total. The van der Waals surface area contributed by atoms with E-state index in [9.17, 15) is 13.6 Å². The van der Waals surface area contributed by atoms with Crippen molar-refractivity contribution in [1.82, 2.24) is 19.6 Å². The molecule has 0 bridgehead atoms. The lowest BCUT2D eigenvalue weighted by atomic mass is 10.2. The first-order chi connectivity index (χ1) is 14.7. The van der Waals surface area contributed by atoms with Gasteiger partial charge >= 0.3 is 0 Å². The van der Waals surface area contributed by atoms with E-state index in [-0.39, 0.29) is 33.5 Å². The number of aromatic nitrogens is 4. The average Bonchev–Trinajstić information content (AvgIpc) is 3.38. The van der Waals surface area contributed by atoms with E-state index in [4.69, 9.17) is 34.8 Å². The van der Waals surface area contributed by atoms with Crippen molar-refractivity contribution < 1.29 is 13.6 Å². The molecule has 1 amide bonds. The van der Waals surface area contributed by atoms with Crippen molar-refractivity contribution in [1.29, 1.82) is 0 Å². The summed E-state index contributed by atoms with van der Waals surface area (Å²) in [4.78, 5) is 12.6. The Bertz CT molecular complexity index is 1150. The van der Waals surface area contributed by atoms with Crippen molar-refractivity contribution in [3.63, 3.8) is 0 Å². The van der Waals surface area contributed by atoms with E-state index in [0.717, 1.165) is 18.4 Å². The Labute approximate surface area is 199 Å². The van der Waals surface area contributed by atoms with Gasteiger partial charge in [0.1, 0.15) is 17.3 Å². The third-order valence-electron chi connectivity index (χ3n) is 4.74. The Morgan fingerprint density at radius 1 is 1.23 bits per heavy atom. The number of halogens is 6. The zero-order valence-electron chi connectivity index (χ0n) is 15.8. The second-order valence-electron chi connectivity index (χ2n) is 7.12. The van der Waals surface area contributed by atoms with Crippen molar-refractivity contribution in [2.45, 2.75) is 38.3 Å². The summed E-state index contributed by atoms with van der Waals surface area (Å²) in [6.07, 6.45) is 0.564. The Kier molecular flexibility index (Phi) is 6.57. The highest BCUT2D eigenvalue weighted by molar-refractivity contribution is 9.10. The van der Waals surface area contributed by atoms with Gasteiger partial charge in [0.25, 0.3) is 6.43 Å².